The predicted molar refractivity (Wildman–Crippen MR) is 109 cm³/mol. The molecule has 0 bridgehead atoms. The van der Waals surface area contributed by atoms with E-state index in [2.05, 4.69) is 29.2 Å². The van der Waals surface area contributed by atoms with E-state index in [0.29, 0.717) is 11.7 Å². The Morgan fingerprint density at radius 1 is 1.12 bits per heavy atom. The van der Waals surface area contributed by atoms with E-state index in [-0.39, 0.29) is 5.25 Å². The third kappa shape index (κ3) is 4.85. The number of fused-ring (bicyclic) bond motifs is 1. The lowest BCUT2D eigenvalue weighted by Gasteiger charge is -2.29. The van der Waals surface area contributed by atoms with Crippen molar-refractivity contribution in [2.24, 2.45) is 11.8 Å². The summed E-state index contributed by atoms with van der Waals surface area (Å²) in [5, 5.41) is 1.02. The van der Waals surface area contributed by atoms with E-state index in [1.165, 1.54) is 30.2 Å². The van der Waals surface area contributed by atoms with Gasteiger partial charge >= 0.3 is 0 Å². The lowest BCUT2D eigenvalue weighted by molar-refractivity contribution is 0.278. The van der Waals surface area contributed by atoms with Crippen LogP contribution >= 0.6 is 0 Å². The van der Waals surface area contributed by atoms with Gasteiger partial charge in [0.15, 0.2) is 9.84 Å². The summed E-state index contributed by atoms with van der Waals surface area (Å²) in [5.74, 6) is 1.51. The fourth-order valence-corrected chi connectivity index (χ4v) is 5.91. The summed E-state index contributed by atoms with van der Waals surface area (Å²) in [6.45, 7) is 3.81. The molecule has 0 radical (unpaired) electrons. The van der Waals surface area contributed by atoms with Crippen LogP contribution in [-0.2, 0) is 16.3 Å². The second-order valence-corrected chi connectivity index (χ2v) is 10.5. The summed E-state index contributed by atoms with van der Waals surface area (Å²) in [5.41, 5.74) is 2.44. The second-order valence-electron chi connectivity index (χ2n) is 8.00. The van der Waals surface area contributed by atoms with Crippen molar-refractivity contribution in [2.75, 3.05) is 5.75 Å². The minimum atomic E-state index is -2.91. The fourth-order valence-electron chi connectivity index (χ4n) is 4.08. The number of aryl methyl sites for hydroxylation is 1. The first-order valence-corrected chi connectivity index (χ1v) is 11.7. The van der Waals surface area contributed by atoms with E-state index in [1.54, 1.807) is 0 Å². The number of benzene rings is 1. The van der Waals surface area contributed by atoms with Gasteiger partial charge in [-0.3, -0.25) is 4.98 Å². The van der Waals surface area contributed by atoms with Gasteiger partial charge in [-0.05, 0) is 74.6 Å². The lowest BCUT2D eigenvalue weighted by Crippen LogP contribution is -2.27. The first kappa shape index (κ1) is 19.3. The van der Waals surface area contributed by atoms with Gasteiger partial charge in [-0.15, -0.1) is 0 Å². The molecule has 4 heteroatoms. The molecule has 1 aliphatic carbocycles. The first-order chi connectivity index (χ1) is 12.5. The molecule has 1 aliphatic rings. The zero-order valence-corrected chi connectivity index (χ0v) is 16.8. The highest BCUT2D eigenvalue weighted by atomic mass is 32.2. The average molecular weight is 374 g/mol. The van der Waals surface area contributed by atoms with Crippen molar-refractivity contribution < 1.29 is 8.42 Å². The van der Waals surface area contributed by atoms with Crippen LogP contribution in [0.4, 0.5) is 0 Å². The highest BCUT2D eigenvalue weighted by molar-refractivity contribution is 7.92. The van der Waals surface area contributed by atoms with Crippen molar-refractivity contribution >= 4 is 20.7 Å². The Bertz CT molecular complexity index is 823. The molecule has 1 saturated carbocycles. The number of hydrogen-bond acceptors (Lipinski definition) is 3. The molecule has 1 unspecified atom stereocenters. The van der Waals surface area contributed by atoms with Gasteiger partial charge < -0.3 is 0 Å². The molecule has 1 atom stereocenters. The number of rotatable bonds is 7. The zero-order chi connectivity index (χ0) is 18.6. The molecular formula is C22H31NO2S. The SMILES string of the molecule is CCC(C)S(=O)(=O)CC1CCC(CCc2ccc3ncccc3c2)CC1. The van der Waals surface area contributed by atoms with Crippen LogP contribution in [0.2, 0.25) is 0 Å². The predicted octanol–water partition coefficient (Wildman–Crippen LogP) is 5.19. The number of sulfone groups is 1. The molecule has 3 rings (SSSR count). The third-order valence-electron chi connectivity index (χ3n) is 6.13. The standard InChI is InChI=1S/C22H31NO2S/c1-3-17(2)26(24,25)16-20-10-7-18(8-11-20)6-9-19-12-13-22-21(15-19)5-4-14-23-22/h4-5,12-15,17-18,20H,3,6-11,16H2,1-2H3. The molecule has 0 aliphatic heterocycles. The first-order valence-electron chi connectivity index (χ1n) is 10.0. The summed E-state index contributed by atoms with van der Waals surface area (Å²) in [6.07, 6.45) is 9.36. The molecule has 0 spiro atoms. The van der Waals surface area contributed by atoms with Gasteiger partial charge in [0.2, 0.25) is 0 Å². The van der Waals surface area contributed by atoms with Crippen LogP contribution in [0.25, 0.3) is 10.9 Å². The Kier molecular flexibility index (Phi) is 6.33. The molecule has 0 amide bonds. The summed E-state index contributed by atoms with van der Waals surface area (Å²) in [6, 6.07) is 10.7. The van der Waals surface area contributed by atoms with Crippen molar-refractivity contribution in [1.82, 2.24) is 4.98 Å². The summed E-state index contributed by atoms with van der Waals surface area (Å²) >= 11 is 0. The van der Waals surface area contributed by atoms with Crippen molar-refractivity contribution in [3.63, 3.8) is 0 Å². The molecule has 0 N–H and O–H groups in total. The average Bonchev–Trinajstić information content (AvgIpc) is 2.66. The Hall–Kier alpha value is -1.42. The summed E-state index contributed by atoms with van der Waals surface area (Å²) in [4.78, 5) is 4.38. The fraction of sp³-hybridized carbons (Fsp3) is 0.591. The van der Waals surface area contributed by atoms with Crippen LogP contribution in [0, 0.1) is 11.8 Å². The van der Waals surface area contributed by atoms with Gasteiger partial charge in [-0.1, -0.05) is 31.9 Å². The van der Waals surface area contributed by atoms with Gasteiger partial charge in [0.25, 0.3) is 0 Å². The smallest absolute Gasteiger partial charge is 0.153 e. The van der Waals surface area contributed by atoms with Crippen LogP contribution < -0.4 is 0 Å². The molecule has 1 fully saturated rings. The lowest BCUT2D eigenvalue weighted by atomic mass is 9.80. The van der Waals surface area contributed by atoms with Crippen molar-refractivity contribution in [2.45, 2.75) is 64.0 Å². The zero-order valence-electron chi connectivity index (χ0n) is 16.0. The topological polar surface area (TPSA) is 47.0 Å². The molecule has 1 aromatic carbocycles. The maximum absolute atomic E-state index is 12.3. The Morgan fingerprint density at radius 3 is 2.58 bits per heavy atom. The van der Waals surface area contributed by atoms with Gasteiger partial charge in [0, 0.05) is 11.6 Å². The van der Waals surface area contributed by atoms with Gasteiger partial charge in [0.1, 0.15) is 0 Å². The van der Waals surface area contributed by atoms with E-state index < -0.39 is 9.84 Å². The quantitative estimate of drug-likeness (QED) is 0.671. The van der Waals surface area contributed by atoms with Crippen molar-refractivity contribution in [3.05, 3.63) is 42.1 Å². The van der Waals surface area contributed by atoms with Crippen LogP contribution in [0.1, 0.15) is 57.9 Å². The molecule has 2 aromatic rings. The van der Waals surface area contributed by atoms with E-state index in [1.807, 2.05) is 26.1 Å². The minimum Gasteiger partial charge on any atom is -0.256 e. The number of nitrogens with zero attached hydrogens (tertiary/aromatic N) is 1. The highest BCUT2D eigenvalue weighted by Gasteiger charge is 2.28. The van der Waals surface area contributed by atoms with E-state index in [4.69, 9.17) is 0 Å². The maximum atomic E-state index is 12.3. The largest absolute Gasteiger partial charge is 0.256 e. The molecule has 1 aromatic heterocycles. The molecule has 0 saturated heterocycles. The van der Waals surface area contributed by atoms with Gasteiger partial charge in [-0.2, -0.15) is 0 Å². The van der Waals surface area contributed by atoms with Crippen LogP contribution in [0.15, 0.2) is 36.5 Å². The minimum absolute atomic E-state index is 0.192. The molecule has 142 valence electrons. The number of aromatic nitrogens is 1. The van der Waals surface area contributed by atoms with E-state index >= 15 is 0 Å². The summed E-state index contributed by atoms with van der Waals surface area (Å²) < 4.78 is 24.6. The van der Waals surface area contributed by atoms with Crippen LogP contribution in [-0.4, -0.2) is 24.4 Å². The van der Waals surface area contributed by atoms with Crippen molar-refractivity contribution in [3.8, 4) is 0 Å². The molecule has 26 heavy (non-hydrogen) atoms. The molecular weight excluding hydrogens is 342 g/mol. The van der Waals surface area contributed by atoms with Crippen molar-refractivity contribution in [1.29, 1.82) is 0 Å². The maximum Gasteiger partial charge on any atom is 0.153 e. The third-order valence-corrected chi connectivity index (χ3v) is 8.63. The van der Waals surface area contributed by atoms with Crippen LogP contribution in [0.5, 0.6) is 0 Å². The normalized spacial score (nSPS) is 22.4. The number of pyridine rings is 1. The monoisotopic (exact) mass is 373 g/mol. The van der Waals surface area contributed by atoms with Crippen LogP contribution in [0.3, 0.4) is 0 Å². The van der Waals surface area contributed by atoms with E-state index in [9.17, 15) is 8.42 Å². The van der Waals surface area contributed by atoms with Gasteiger partial charge in [-0.25, -0.2) is 8.42 Å². The Balaban J connectivity index is 1.48. The summed E-state index contributed by atoms with van der Waals surface area (Å²) in [7, 11) is -2.91. The highest BCUT2D eigenvalue weighted by Crippen LogP contribution is 2.33. The molecule has 1 heterocycles. The molecule has 3 nitrogen and oxygen atoms in total. The van der Waals surface area contributed by atoms with Gasteiger partial charge in [0.05, 0.1) is 16.5 Å². The Morgan fingerprint density at radius 2 is 1.85 bits per heavy atom. The second kappa shape index (κ2) is 8.51. The Labute approximate surface area is 158 Å². The van der Waals surface area contributed by atoms with E-state index in [0.717, 1.165) is 37.1 Å². The number of hydrogen-bond donors (Lipinski definition) is 0.